The normalized spacial score (nSPS) is 19.4. The molecular formula is C9H17NO4. The largest absolute Gasteiger partial charge is 0.393 e. The van der Waals surface area contributed by atoms with Crippen LogP contribution in [0.25, 0.3) is 0 Å². The van der Waals surface area contributed by atoms with E-state index in [1.165, 1.54) is 0 Å². The summed E-state index contributed by atoms with van der Waals surface area (Å²) >= 11 is 0. The number of carbonyl (C=O) groups excluding carboxylic acids is 2. The fourth-order valence-corrected chi connectivity index (χ4v) is 1.00. The van der Waals surface area contributed by atoms with E-state index >= 15 is 0 Å². The number of hydrogen-bond donors (Lipinski definition) is 3. The standard InChI is InChI=1S/C5H12O2.C4H5NO2/c1-4(6)3-5(2)7;6-3-1-2-4(7)5-3/h4-7H,3H2,1-2H3;1-2H2,(H,5,6,7). The Labute approximate surface area is 83.1 Å². The zero-order valence-corrected chi connectivity index (χ0v) is 8.49. The molecular weight excluding hydrogens is 186 g/mol. The predicted octanol–water partition coefficient (Wildman–Crippen LogP) is -0.439. The van der Waals surface area contributed by atoms with Crippen molar-refractivity contribution >= 4 is 11.8 Å². The van der Waals surface area contributed by atoms with E-state index in [9.17, 15) is 9.59 Å². The van der Waals surface area contributed by atoms with Gasteiger partial charge in [0.2, 0.25) is 11.8 Å². The summed E-state index contributed by atoms with van der Waals surface area (Å²) in [6.45, 7) is 3.32. The van der Waals surface area contributed by atoms with Gasteiger partial charge in [-0.05, 0) is 20.3 Å². The summed E-state index contributed by atoms with van der Waals surface area (Å²) in [6.07, 6.45) is 0.470. The molecule has 1 heterocycles. The maximum absolute atomic E-state index is 10.1. The zero-order valence-electron chi connectivity index (χ0n) is 8.49. The van der Waals surface area contributed by atoms with E-state index in [1.54, 1.807) is 13.8 Å². The van der Waals surface area contributed by atoms with Crippen LogP contribution in [0.3, 0.4) is 0 Å². The van der Waals surface area contributed by atoms with Gasteiger partial charge in [-0.15, -0.1) is 0 Å². The second kappa shape index (κ2) is 6.50. The molecule has 0 aliphatic carbocycles. The summed E-state index contributed by atoms with van der Waals surface area (Å²) in [6, 6.07) is 0. The van der Waals surface area contributed by atoms with Crippen LogP contribution >= 0.6 is 0 Å². The van der Waals surface area contributed by atoms with Gasteiger partial charge in [0.05, 0.1) is 12.2 Å². The second-order valence-electron chi connectivity index (χ2n) is 3.41. The van der Waals surface area contributed by atoms with Crippen molar-refractivity contribution in [1.29, 1.82) is 0 Å². The molecule has 3 N–H and O–H groups in total. The molecule has 0 saturated carbocycles. The van der Waals surface area contributed by atoms with Crippen LogP contribution in [0, 0.1) is 0 Å². The number of nitrogens with one attached hydrogen (secondary N) is 1. The fourth-order valence-electron chi connectivity index (χ4n) is 1.00. The van der Waals surface area contributed by atoms with Crippen molar-refractivity contribution < 1.29 is 19.8 Å². The first-order valence-corrected chi connectivity index (χ1v) is 4.60. The van der Waals surface area contributed by atoms with Gasteiger partial charge < -0.3 is 10.2 Å². The van der Waals surface area contributed by atoms with Gasteiger partial charge in [-0.2, -0.15) is 0 Å². The Morgan fingerprint density at radius 2 is 1.50 bits per heavy atom. The molecule has 1 saturated heterocycles. The van der Waals surface area contributed by atoms with Gasteiger partial charge in [0.15, 0.2) is 0 Å². The number of aliphatic hydroxyl groups is 2. The van der Waals surface area contributed by atoms with Crippen molar-refractivity contribution in [3.8, 4) is 0 Å². The highest BCUT2D eigenvalue weighted by Crippen LogP contribution is 1.96. The molecule has 0 bridgehead atoms. The molecule has 1 aliphatic rings. The van der Waals surface area contributed by atoms with Crippen molar-refractivity contribution in [1.82, 2.24) is 5.32 Å². The molecule has 1 fully saturated rings. The lowest BCUT2D eigenvalue weighted by molar-refractivity contribution is -0.124. The highest BCUT2D eigenvalue weighted by atomic mass is 16.3. The smallest absolute Gasteiger partial charge is 0.227 e. The Bertz CT molecular complexity index is 181. The van der Waals surface area contributed by atoms with Crippen LogP contribution in [0.4, 0.5) is 0 Å². The van der Waals surface area contributed by atoms with E-state index in [2.05, 4.69) is 5.32 Å². The fraction of sp³-hybridized carbons (Fsp3) is 0.778. The SMILES string of the molecule is CC(O)CC(C)O.O=C1CCC(=O)N1. The van der Waals surface area contributed by atoms with Crippen molar-refractivity contribution in [2.75, 3.05) is 0 Å². The highest BCUT2D eigenvalue weighted by Gasteiger charge is 2.15. The van der Waals surface area contributed by atoms with Gasteiger partial charge in [-0.1, -0.05) is 0 Å². The number of aliphatic hydroxyl groups excluding tert-OH is 2. The Kier molecular flexibility index (Phi) is 6.07. The quantitative estimate of drug-likeness (QED) is 0.531. The third-order valence-corrected chi connectivity index (χ3v) is 1.54. The van der Waals surface area contributed by atoms with Crippen LogP contribution in [0.1, 0.15) is 33.1 Å². The maximum Gasteiger partial charge on any atom is 0.227 e. The lowest BCUT2D eigenvalue weighted by atomic mass is 10.2. The minimum Gasteiger partial charge on any atom is -0.393 e. The van der Waals surface area contributed by atoms with Gasteiger partial charge in [0.25, 0.3) is 0 Å². The maximum atomic E-state index is 10.1. The summed E-state index contributed by atoms with van der Waals surface area (Å²) < 4.78 is 0. The molecule has 0 aromatic heterocycles. The Hall–Kier alpha value is -0.940. The van der Waals surface area contributed by atoms with Crippen molar-refractivity contribution in [2.24, 2.45) is 0 Å². The zero-order chi connectivity index (χ0) is 11.1. The highest BCUT2D eigenvalue weighted by molar-refractivity contribution is 6.01. The van der Waals surface area contributed by atoms with Crippen LogP contribution < -0.4 is 5.32 Å². The van der Waals surface area contributed by atoms with E-state index in [0.29, 0.717) is 19.3 Å². The Morgan fingerprint density at radius 1 is 1.14 bits per heavy atom. The van der Waals surface area contributed by atoms with Crippen LogP contribution in [0.5, 0.6) is 0 Å². The summed E-state index contributed by atoms with van der Waals surface area (Å²) in [5.41, 5.74) is 0. The number of amides is 2. The number of carbonyl (C=O) groups is 2. The topological polar surface area (TPSA) is 86.6 Å². The van der Waals surface area contributed by atoms with Crippen LogP contribution in [-0.2, 0) is 9.59 Å². The summed E-state index contributed by atoms with van der Waals surface area (Å²) in [7, 11) is 0. The second-order valence-corrected chi connectivity index (χ2v) is 3.41. The third-order valence-electron chi connectivity index (χ3n) is 1.54. The molecule has 14 heavy (non-hydrogen) atoms. The van der Waals surface area contributed by atoms with Crippen LogP contribution in [0.2, 0.25) is 0 Å². The molecule has 1 aliphatic heterocycles. The van der Waals surface area contributed by atoms with Crippen LogP contribution in [0.15, 0.2) is 0 Å². The van der Waals surface area contributed by atoms with Gasteiger partial charge in [-0.3, -0.25) is 14.9 Å². The molecule has 0 spiro atoms. The van der Waals surface area contributed by atoms with Gasteiger partial charge in [-0.25, -0.2) is 0 Å². The monoisotopic (exact) mass is 203 g/mol. The average Bonchev–Trinajstić information content (AvgIpc) is 2.32. The van der Waals surface area contributed by atoms with E-state index in [1.807, 2.05) is 0 Å². The van der Waals surface area contributed by atoms with Gasteiger partial charge in [0.1, 0.15) is 0 Å². The number of rotatable bonds is 2. The number of imide groups is 1. The molecule has 5 nitrogen and oxygen atoms in total. The van der Waals surface area contributed by atoms with Crippen LogP contribution in [-0.4, -0.2) is 34.2 Å². The molecule has 0 aromatic rings. The first kappa shape index (κ1) is 13.1. The molecule has 0 radical (unpaired) electrons. The Morgan fingerprint density at radius 3 is 1.57 bits per heavy atom. The predicted molar refractivity (Wildman–Crippen MR) is 50.4 cm³/mol. The van der Waals surface area contributed by atoms with Crippen molar-refractivity contribution in [3.63, 3.8) is 0 Å². The van der Waals surface area contributed by atoms with Gasteiger partial charge >= 0.3 is 0 Å². The summed E-state index contributed by atoms with van der Waals surface area (Å²) in [5.74, 6) is -0.296. The molecule has 82 valence electrons. The molecule has 5 heteroatoms. The molecule has 2 unspecified atom stereocenters. The number of hydrogen-bond acceptors (Lipinski definition) is 4. The van der Waals surface area contributed by atoms with Gasteiger partial charge in [0, 0.05) is 12.8 Å². The summed E-state index contributed by atoms with van der Waals surface area (Å²) in [5, 5.41) is 19.3. The molecule has 0 aromatic carbocycles. The van der Waals surface area contributed by atoms with E-state index in [0.717, 1.165) is 0 Å². The minimum atomic E-state index is -0.375. The first-order chi connectivity index (χ1) is 6.41. The average molecular weight is 203 g/mol. The first-order valence-electron chi connectivity index (χ1n) is 4.60. The Balaban J connectivity index is 0.000000241. The van der Waals surface area contributed by atoms with E-state index in [-0.39, 0.29) is 24.0 Å². The lowest BCUT2D eigenvalue weighted by Crippen LogP contribution is -2.18. The molecule has 1 rings (SSSR count). The molecule has 2 amide bonds. The lowest BCUT2D eigenvalue weighted by Gasteiger charge is -2.04. The van der Waals surface area contributed by atoms with E-state index in [4.69, 9.17) is 10.2 Å². The third kappa shape index (κ3) is 7.70. The van der Waals surface area contributed by atoms with Crippen molar-refractivity contribution in [3.05, 3.63) is 0 Å². The molecule has 2 atom stereocenters. The minimum absolute atomic E-state index is 0.148. The van der Waals surface area contributed by atoms with Crippen molar-refractivity contribution in [2.45, 2.75) is 45.3 Å². The van der Waals surface area contributed by atoms with E-state index < -0.39 is 0 Å². The summed E-state index contributed by atoms with van der Waals surface area (Å²) in [4.78, 5) is 20.2.